The maximum Gasteiger partial charge on any atom is 0.292 e. The molecule has 1 aromatic rings. The summed E-state index contributed by atoms with van der Waals surface area (Å²) in [6.07, 6.45) is 1.67. The van der Waals surface area contributed by atoms with E-state index in [1.807, 2.05) is 0 Å². The van der Waals surface area contributed by atoms with Gasteiger partial charge in [-0.15, -0.1) is 0 Å². The first-order valence-electron chi connectivity index (χ1n) is 7.57. The zero-order valence-corrected chi connectivity index (χ0v) is 14.8. The molecule has 0 aliphatic carbocycles. The van der Waals surface area contributed by atoms with Crippen LogP contribution in [0.15, 0.2) is 33.9 Å². The molecule has 144 valence electrons. The summed E-state index contributed by atoms with van der Waals surface area (Å²) in [5.41, 5.74) is 3.67. The standard InChI is InChI=1S/C18H8F4N6O/c1-18(2)9(15(26-4)17(29-18)10(7-23)25-3)6-5-8-11(19)13(21)16(27-28-24)14(22)12(8)20/h5-6H,1-2H3. The van der Waals surface area contributed by atoms with Crippen molar-refractivity contribution in [2.75, 3.05) is 0 Å². The molecule has 0 radical (unpaired) electrons. The average molecular weight is 400 g/mol. The molecule has 0 saturated carbocycles. The number of benzene rings is 1. The third-order valence-corrected chi connectivity index (χ3v) is 3.86. The van der Waals surface area contributed by atoms with Gasteiger partial charge in [-0.1, -0.05) is 11.2 Å². The number of nitrogens with zero attached hydrogens (tertiary/aromatic N) is 6. The van der Waals surface area contributed by atoms with Gasteiger partial charge in [-0.25, -0.2) is 32.5 Å². The number of hydrogen-bond acceptors (Lipinski definition) is 3. The molecule has 11 heteroatoms. The lowest BCUT2D eigenvalue weighted by molar-refractivity contribution is 0.0952. The van der Waals surface area contributed by atoms with Gasteiger partial charge in [0, 0.05) is 10.5 Å². The Labute approximate surface area is 161 Å². The number of ether oxygens (including phenoxy) is 1. The van der Waals surface area contributed by atoms with Crippen molar-refractivity contribution >= 4 is 11.8 Å². The zero-order valence-electron chi connectivity index (χ0n) is 14.8. The molecule has 7 nitrogen and oxygen atoms in total. The van der Waals surface area contributed by atoms with Gasteiger partial charge >= 0.3 is 0 Å². The van der Waals surface area contributed by atoms with Gasteiger partial charge in [-0.3, -0.25) is 0 Å². The normalized spacial score (nSPS) is 16.5. The molecule has 0 N–H and O–H groups in total. The van der Waals surface area contributed by atoms with Crippen molar-refractivity contribution in [3.8, 4) is 6.07 Å². The Hall–Kier alpha value is -4.26. The molecule has 0 atom stereocenters. The van der Waals surface area contributed by atoms with E-state index in [-0.39, 0.29) is 17.0 Å². The number of hydrogen-bond donors (Lipinski definition) is 0. The number of halogens is 4. The maximum absolute atomic E-state index is 14.2. The van der Waals surface area contributed by atoms with Crippen LogP contribution in [0.5, 0.6) is 0 Å². The molecular weight excluding hydrogens is 392 g/mol. The highest BCUT2D eigenvalue weighted by atomic mass is 19.2. The van der Waals surface area contributed by atoms with Gasteiger partial charge < -0.3 is 4.74 Å². The molecule has 1 heterocycles. The Balaban J connectivity index is 2.74. The molecule has 0 amide bonds. The van der Waals surface area contributed by atoms with Crippen molar-refractivity contribution in [3.63, 3.8) is 0 Å². The van der Waals surface area contributed by atoms with Crippen LogP contribution in [-0.2, 0) is 4.74 Å². The lowest BCUT2D eigenvalue weighted by Gasteiger charge is -2.22. The van der Waals surface area contributed by atoms with Gasteiger partial charge in [0.25, 0.3) is 5.70 Å². The summed E-state index contributed by atoms with van der Waals surface area (Å²) in [5, 5.41) is 11.6. The Morgan fingerprint density at radius 2 is 1.72 bits per heavy atom. The number of rotatable bonds is 3. The van der Waals surface area contributed by atoms with E-state index >= 15 is 0 Å². The summed E-state index contributed by atoms with van der Waals surface area (Å²) in [6, 6.07) is 1.58. The fraction of sp³-hybridized carbons (Fsp3) is 0.167. The summed E-state index contributed by atoms with van der Waals surface area (Å²) >= 11 is 0. The average Bonchev–Trinajstić information content (AvgIpc) is 2.94. The second kappa shape index (κ2) is 7.77. The summed E-state index contributed by atoms with van der Waals surface area (Å²) in [5.74, 6) is -7.69. The van der Waals surface area contributed by atoms with Gasteiger partial charge in [0.15, 0.2) is 23.3 Å². The number of allylic oxidation sites excluding steroid dienone is 1. The molecular formula is C18H8F4N6O. The molecule has 29 heavy (non-hydrogen) atoms. The highest BCUT2D eigenvalue weighted by molar-refractivity contribution is 5.63. The highest BCUT2D eigenvalue weighted by Crippen LogP contribution is 2.42. The number of azide groups is 1. The van der Waals surface area contributed by atoms with E-state index in [1.165, 1.54) is 13.8 Å². The molecule has 0 fully saturated rings. The minimum Gasteiger partial charge on any atom is -0.505 e. The topological polar surface area (TPSA) is 90.5 Å². The van der Waals surface area contributed by atoms with Crippen LogP contribution >= 0.6 is 0 Å². The molecule has 0 saturated heterocycles. The van der Waals surface area contributed by atoms with Crippen molar-refractivity contribution in [1.82, 2.24) is 0 Å². The van der Waals surface area contributed by atoms with E-state index in [0.29, 0.717) is 6.08 Å². The van der Waals surface area contributed by atoms with E-state index in [9.17, 15) is 17.6 Å². The first-order chi connectivity index (χ1) is 13.6. The molecule has 1 aliphatic rings. The van der Waals surface area contributed by atoms with Gasteiger partial charge in [0.05, 0.1) is 24.8 Å². The van der Waals surface area contributed by atoms with E-state index in [4.69, 9.17) is 28.7 Å². The fourth-order valence-corrected chi connectivity index (χ4v) is 2.53. The first-order valence-corrected chi connectivity index (χ1v) is 7.57. The van der Waals surface area contributed by atoms with Crippen molar-refractivity contribution < 1.29 is 22.3 Å². The van der Waals surface area contributed by atoms with E-state index in [0.717, 1.165) is 6.08 Å². The molecule has 0 unspecified atom stereocenters. The lowest BCUT2D eigenvalue weighted by Crippen LogP contribution is -2.20. The van der Waals surface area contributed by atoms with Crippen molar-refractivity contribution in [3.05, 3.63) is 90.9 Å². The Morgan fingerprint density at radius 1 is 1.14 bits per heavy atom. The minimum absolute atomic E-state index is 0.0256. The third kappa shape index (κ3) is 3.49. The van der Waals surface area contributed by atoms with E-state index in [2.05, 4.69) is 19.7 Å². The molecule has 1 aliphatic heterocycles. The zero-order chi connectivity index (χ0) is 21.9. The molecule has 0 aromatic heterocycles. The van der Waals surface area contributed by atoms with Crippen LogP contribution in [0, 0.1) is 47.7 Å². The lowest BCUT2D eigenvalue weighted by atomic mass is 9.96. The molecule has 2 rings (SSSR count). The van der Waals surface area contributed by atoms with E-state index in [1.54, 1.807) is 6.07 Å². The summed E-state index contributed by atoms with van der Waals surface area (Å²) in [4.78, 5) is 8.28. The Kier molecular flexibility index (Phi) is 5.64. The van der Waals surface area contributed by atoms with Crippen molar-refractivity contribution in [1.29, 1.82) is 5.26 Å². The van der Waals surface area contributed by atoms with Crippen LogP contribution in [0.1, 0.15) is 19.4 Å². The minimum atomic E-state index is -1.89. The first kappa shape index (κ1) is 21.0. The third-order valence-electron chi connectivity index (χ3n) is 3.86. The van der Waals surface area contributed by atoms with Crippen LogP contribution in [0.25, 0.3) is 26.2 Å². The maximum atomic E-state index is 14.2. The summed E-state index contributed by atoms with van der Waals surface area (Å²) < 4.78 is 61.6. The SMILES string of the molecule is [C-]#[N+]C(C#N)=C1OC(C)(C)C(C=Cc2c(F)c(F)c(N=[N+]=[N-])c(F)c2F)=C1[N+]#[C-]. The van der Waals surface area contributed by atoms with Crippen molar-refractivity contribution in [2.45, 2.75) is 19.4 Å². The van der Waals surface area contributed by atoms with Gasteiger partial charge in [0.2, 0.25) is 5.70 Å². The summed E-state index contributed by atoms with van der Waals surface area (Å²) in [7, 11) is 0. The molecule has 0 spiro atoms. The second-order valence-corrected chi connectivity index (χ2v) is 5.93. The van der Waals surface area contributed by atoms with Crippen molar-refractivity contribution in [2.24, 2.45) is 5.11 Å². The number of nitriles is 1. The largest absolute Gasteiger partial charge is 0.505 e. The van der Waals surface area contributed by atoms with Crippen LogP contribution in [-0.4, -0.2) is 5.60 Å². The van der Waals surface area contributed by atoms with Gasteiger partial charge in [-0.05, 0) is 25.5 Å². The Morgan fingerprint density at radius 3 is 2.17 bits per heavy atom. The van der Waals surface area contributed by atoms with Crippen LogP contribution < -0.4 is 0 Å². The molecule has 1 aromatic carbocycles. The van der Waals surface area contributed by atoms with E-state index < -0.39 is 45.8 Å². The van der Waals surface area contributed by atoms with Crippen LogP contribution in [0.3, 0.4) is 0 Å². The highest BCUT2D eigenvalue weighted by Gasteiger charge is 2.38. The van der Waals surface area contributed by atoms with Gasteiger partial charge in [-0.2, -0.15) is 0 Å². The van der Waals surface area contributed by atoms with Crippen LogP contribution in [0.2, 0.25) is 0 Å². The monoisotopic (exact) mass is 400 g/mol. The second-order valence-electron chi connectivity index (χ2n) is 5.93. The summed E-state index contributed by atoms with van der Waals surface area (Å²) in [6.45, 7) is 17.2. The van der Waals surface area contributed by atoms with Gasteiger partial charge in [0.1, 0.15) is 17.0 Å². The predicted octanol–water partition coefficient (Wildman–Crippen LogP) is 5.83. The quantitative estimate of drug-likeness (QED) is 0.121. The predicted molar refractivity (Wildman–Crippen MR) is 92.1 cm³/mol. The van der Waals surface area contributed by atoms with Crippen LogP contribution in [0.4, 0.5) is 23.2 Å². The fourth-order valence-electron chi connectivity index (χ4n) is 2.53. The smallest absolute Gasteiger partial charge is 0.292 e. The molecule has 0 bridgehead atoms. The Bertz CT molecular complexity index is 1140.